The van der Waals surface area contributed by atoms with Crippen molar-refractivity contribution in [3.8, 4) is 11.5 Å². The molecular formula is C21H25NO6S. The van der Waals surface area contributed by atoms with Gasteiger partial charge in [0.1, 0.15) is 29.6 Å². The zero-order valence-corrected chi connectivity index (χ0v) is 17.7. The number of carbonyl (C=O) groups excluding carboxylic acids is 1. The summed E-state index contributed by atoms with van der Waals surface area (Å²) in [6.45, 7) is 4.29. The molecule has 0 unspecified atom stereocenters. The second-order valence-electron chi connectivity index (χ2n) is 6.29. The van der Waals surface area contributed by atoms with Crippen LogP contribution in [0.3, 0.4) is 0 Å². The van der Waals surface area contributed by atoms with E-state index in [9.17, 15) is 13.2 Å². The summed E-state index contributed by atoms with van der Waals surface area (Å²) in [7, 11) is -0.994. The Labute approximate surface area is 171 Å². The summed E-state index contributed by atoms with van der Waals surface area (Å²) in [6.07, 6.45) is 2.70. The van der Waals surface area contributed by atoms with Crippen LogP contribution in [0.4, 0.5) is 0 Å². The van der Waals surface area contributed by atoms with Gasteiger partial charge in [-0.1, -0.05) is 12.1 Å². The Morgan fingerprint density at radius 3 is 2.38 bits per heavy atom. The van der Waals surface area contributed by atoms with E-state index in [4.69, 9.17) is 14.2 Å². The predicted molar refractivity (Wildman–Crippen MR) is 111 cm³/mol. The van der Waals surface area contributed by atoms with Gasteiger partial charge in [-0.3, -0.25) is 0 Å². The summed E-state index contributed by atoms with van der Waals surface area (Å²) < 4.78 is 42.2. The van der Waals surface area contributed by atoms with Crippen LogP contribution in [0, 0.1) is 13.8 Å². The average Bonchev–Trinajstić information content (AvgIpc) is 2.68. The number of methoxy groups -OCH3 is 1. The molecule has 156 valence electrons. The largest absolute Gasteiger partial charge is 0.495 e. The summed E-state index contributed by atoms with van der Waals surface area (Å²) in [5.41, 5.74) is 2.71. The molecular weight excluding hydrogens is 394 g/mol. The van der Waals surface area contributed by atoms with E-state index in [1.807, 2.05) is 32.0 Å². The van der Waals surface area contributed by atoms with Gasteiger partial charge in [-0.05, 0) is 67.9 Å². The van der Waals surface area contributed by atoms with Crippen molar-refractivity contribution in [2.45, 2.75) is 18.7 Å². The number of rotatable bonds is 9. The lowest BCUT2D eigenvalue weighted by molar-refractivity contribution is -0.138. The zero-order valence-electron chi connectivity index (χ0n) is 16.9. The summed E-state index contributed by atoms with van der Waals surface area (Å²) in [4.78, 5) is 11.9. The molecule has 1 N–H and O–H groups in total. The standard InChI is InChI=1S/C21H25NO6S/c1-15-11-16(2)13-18(12-15)27-9-10-28-21(23)8-6-17-5-7-19(26-4)20(14-17)29(24,25)22-3/h5-8,11-14,22H,9-10H2,1-4H3/b8-6+. The van der Waals surface area contributed by atoms with Gasteiger partial charge in [-0.15, -0.1) is 0 Å². The number of carbonyl (C=O) groups is 1. The Morgan fingerprint density at radius 2 is 1.76 bits per heavy atom. The van der Waals surface area contributed by atoms with Gasteiger partial charge < -0.3 is 14.2 Å². The van der Waals surface area contributed by atoms with Crippen molar-refractivity contribution in [3.63, 3.8) is 0 Å². The first kappa shape index (κ1) is 22.4. The van der Waals surface area contributed by atoms with E-state index in [1.165, 1.54) is 38.4 Å². The van der Waals surface area contributed by atoms with Crippen molar-refractivity contribution in [3.05, 3.63) is 59.2 Å². The van der Waals surface area contributed by atoms with E-state index in [2.05, 4.69) is 4.72 Å². The van der Waals surface area contributed by atoms with E-state index < -0.39 is 16.0 Å². The lowest BCUT2D eigenvalue weighted by Gasteiger charge is -2.09. The highest BCUT2D eigenvalue weighted by Crippen LogP contribution is 2.25. The van der Waals surface area contributed by atoms with E-state index >= 15 is 0 Å². The molecule has 0 aliphatic carbocycles. The topological polar surface area (TPSA) is 90.9 Å². The quantitative estimate of drug-likeness (QED) is 0.382. The molecule has 0 radical (unpaired) electrons. The molecule has 0 bridgehead atoms. The highest BCUT2D eigenvalue weighted by molar-refractivity contribution is 7.89. The fourth-order valence-corrected chi connectivity index (χ4v) is 3.57. The molecule has 2 aromatic rings. The second-order valence-corrected chi connectivity index (χ2v) is 8.15. The van der Waals surface area contributed by atoms with Gasteiger partial charge in [0.05, 0.1) is 7.11 Å². The molecule has 0 saturated carbocycles. The number of benzene rings is 2. The molecule has 0 atom stereocenters. The molecule has 7 nitrogen and oxygen atoms in total. The smallest absolute Gasteiger partial charge is 0.330 e. The molecule has 0 aliphatic rings. The molecule has 0 amide bonds. The Kier molecular flexibility index (Phi) is 7.81. The number of hydrogen-bond acceptors (Lipinski definition) is 6. The first-order valence-electron chi connectivity index (χ1n) is 8.92. The van der Waals surface area contributed by atoms with Crippen molar-refractivity contribution in [2.75, 3.05) is 27.4 Å². The molecule has 0 fully saturated rings. The van der Waals surface area contributed by atoms with Crippen LogP contribution < -0.4 is 14.2 Å². The maximum Gasteiger partial charge on any atom is 0.330 e. The monoisotopic (exact) mass is 419 g/mol. The minimum Gasteiger partial charge on any atom is -0.495 e. The maximum atomic E-state index is 12.1. The number of esters is 1. The van der Waals surface area contributed by atoms with Crippen LogP contribution in [0.1, 0.15) is 16.7 Å². The van der Waals surface area contributed by atoms with Crippen LogP contribution in [0.5, 0.6) is 11.5 Å². The van der Waals surface area contributed by atoms with E-state index in [0.29, 0.717) is 5.56 Å². The van der Waals surface area contributed by atoms with Gasteiger partial charge in [0.2, 0.25) is 10.0 Å². The van der Waals surface area contributed by atoms with Gasteiger partial charge in [-0.2, -0.15) is 0 Å². The first-order chi connectivity index (χ1) is 13.7. The van der Waals surface area contributed by atoms with Crippen molar-refractivity contribution < 1.29 is 27.4 Å². The van der Waals surface area contributed by atoms with Gasteiger partial charge in [0.15, 0.2) is 0 Å². The third-order valence-corrected chi connectivity index (χ3v) is 5.38. The predicted octanol–water partition coefficient (Wildman–Crippen LogP) is 2.86. The molecule has 0 aliphatic heterocycles. The summed E-state index contributed by atoms with van der Waals surface area (Å²) >= 11 is 0. The average molecular weight is 419 g/mol. The van der Waals surface area contributed by atoms with Crippen molar-refractivity contribution >= 4 is 22.1 Å². The fraction of sp³-hybridized carbons (Fsp3) is 0.286. The van der Waals surface area contributed by atoms with Gasteiger partial charge in [0.25, 0.3) is 0 Å². The van der Waals surface area contributed by atoms with Gasteiger partial charge >= 0.3 is 5.97 Å². The zero-order chi connectivity index (χ0) is 21.4. The number of hydrogen-bond donors (Lipinski definition) is 1. The van der Waals surface area contributed by atoms with Crippen LogP contribution in [0.15, 0.2) is 47.4 Å². The van der Waals surface area contributed by atoms with Crippen LogP contribution in [-0.4, -0.2) is 41.8 Å². The lowest BCUT2D eigenvalue weighted by Crippen LogP contribution is -2.19. The SMILES string of the molecule is CNS(=O)(=O)c1cc(/C=C/C(=O)OCCOc2cc(C)cc(C)c2)ccc1OC. The highest BCUT2D eigenvalue weighted by atomic mass is 32.2. The molecule has 8 heteroatoms. The first-order valence-corrected chi connectivity index (χ1v) is 10.4. The molecule has 2 aromatic carbocycles. The molecule has 29 heavy (non-hydrogen) atoms. The Morgan fingerprint density at radius 1 is 1.07 bits per heavy atom. The lowest BCUT2D eigenvalue weighted by atomic mass is 10.1. The van der Waals surface area contributed by atoms with Crippen molar-refractivity contribution in [1.82, 2.24) is 4.72 Å². The number of nitrogens with one attached hydrogen (secondary N) is 1. The Bertz CT molecular complexity index is 978. The van der Waals surface area contributed by atoms with Crippen molar-refractivity contribution in [1.29, 1.82) is 0 Å². The molecule has 0 heterocycles. The third kappa shape index (κ3) is 6.62. The molecule has 2 rings (SSSR count). The Balaban J connectivity index is 1.92. The molecule has 0 spiro atoms. The minimum atomic E-state index is -3.69. The normalized spacial score (nSPS) is 11.4. The third-order valence-electron chi connectivity index (χ3n) is 3.95. The molecule has 0 aromatic heterocycles. The van der Waals surface area contributed by atoms with Crippen molar-refractivity contribution in [2.24, 2.45) is 0 Å². The second kappa shape index (κ2) is 10.1. The van der Waals surface area contributed by atoms with Crippen LogP contribution in [0.2, 0.25) is 0 Å². The summed E-state index contributed by atoms with van der Waals surface area (Å²) in [6, 6.07) is 10.4. The number of sulfonamides is 1. The van der Waals surface area contributed by atoms with Gasteiger partial charge in [-0.25, -0.2) is 17.9 Å². The van der Waals surface area contributed by atoms with E-state index in [-0.39, 0.29) is 23.9 Å². The van der Waals surface area contributed by atoms with Crippen LogP contribution in [0.25, 0.3) is 6.08 Å². The van der Waals surface area contributed by atoms with E-state index in [1.54, 1.807) is 6.07 Å². The summed E-state index contributed by atoms with van der Waals surface area (Å²) in [5, 5.41) is 0. The fourth-order valence-electron chi connectivity index (χ4n) is 2.65. The minimum absolute atomic E-state index is 0.0140. The highest BCUT2D eigenvalue weighted by Gasteiger charge is 2.17. The Hall–Kier alpha value is -2.84. The summed E-state index contributed by atoms with van der Waals surface area (Å²) in [5.74, 6) is 0.385. The van der Waals surface area contributed by atoms with Gasteiger partial charge in [0, 0.05) is 6.08 Å². The van der Waals surface area contributed by atoms with E-state index in [0.717, 1.165) is 16.9 Å². The number of ether oxygens (including phenoxy) is 3. The maximum absolute atomic E-state index is 12.1. The van der Waals surface area contributed by atoms with Crippen LogP contribution in [-0.2, 0) is 19.6 Å². The number of aryl methyl sites for hydroxylation is 2. The van der Waals surface area contributed by atoms with Crippen LogP contribution >= 0.6 is 0 Å². The molecule has 0 saturated heterocycles.